The fraction of sp³-hybridized carbons (Fsp3) is 0.773. The van der Waals surface area contributed by atoms with Crippen molar-refractivity contribution in [3.05, 3.63) is 11.3 Å². The van der Waals surface area contributed by atoms with Gasteiger partial charge in [-0.15, -0.1) is 0 Å². The van der Waals surface area contributed by atoms with Crippen LogP contribution in [-0.2, 0) is 28.6 Å². The molecule has 8 heteroatoms. The van der Waals surface area contributed by atoms with E-state index in [1.807, 2.05) is 13.8 Å². The maximum atomic E-state index is 13.1. The predicted molar refractivity (Wildman–Crippen MR) is 103 cm³/mol. The van der Waals surface area contributed by atoms with Gasteiger partial charge in [0.15, 0.2) is 11.9 Å². The molecule has 7 atom stereocenters. The lowest BCUT2D eigenvalue weighted by Gasteiger charge is -2.61. The van der Waals surface area contributed by atoms with Gasteiger partial charge in [-0.25, -0.2) is 0 Å². The molecule has 0 unspecified atom stereocenters. The summed E-state index contributed by atoms with van der Waals surface area (Å²) in [6.07, 6.45) is -0.343. The van der Waals surface area contributed by atoms with E-state index in [9.17, 15) is 24.6 Å². The number of ether oxygens (including phenoxy) is 3. The number of ketones is 1. The minimum Gasteiger partial charge on any atom is -0.469 e. The van der Waals surface area contributed by atoms with Crippen molar-refractivity contribution < 1.29 is 38.8 Å². The van der Waals surface area contributed by atoms with E-state index >= 15 is 0 Å². The second kappa shape index (κ2) is 6.79. The first-order valence-electron chi connectivity index (χ1n) is 10.5. The van der Waals surface area contributed by atoms with E-state index in [1.165, 1.54) is 6.92 Å². The number of aliphatic hydroxyl groups excluding tert-OH is 1. The number of allylic oxidation sites excluding steroid dienone is 1. The maximum absolute atomic E-state index is 13.1. The van der Waals surface area contributed by atoms with Crippen LogP contribution in [0.4, 0.5) is 0 Å². The molecule has 1 saturated heterocycles. The molecular formula is C22H30O8. The highest BCUT2D eigenvalue weighted by Gasteiger charge is 2.71. The Morgan fingerprint density at radius 1 is 1.23 bits per heavy atom. The summed E-state index contributed by atoms with van der Waals surface area (Å²) in [7, 11) is 0. The Morgan fingerprint density at radius 3 is 2.53 bits per heavy atom. The van der Waals surface area contributed by atoms with Gasteiger partial charge in [-0.05, 0) is 38.2 Å². The third kappa shape index (κ3) is 2.91. The molecule has 0 amide bonds. The first-order valence-corrected chi connectivity index (χ1v) is 10.5. The Labute approximate surface area is 175 Å². The Balaban J connectivity index is 1.78. The van der Waals surface area contributed by atoms with Crippen LogP contribution >= 0.6 is 0 Å². The minimum absolute atomic E-state index is 0.0760. The Hall–Kier alpha value is -1.93. The summed E-state index contributed by atoms with van der Waals surface area (Å²) in [6, 6.07) is 0. The lowest BCUT2D eigenvalue weighted by atomic mass is 9.43. The van der Waals surface area contributed by atoms with Gasteiger partial charge in [0.25, 0.3) is 0 Å². The average Bonchev–Trinajstić information content (AvgIpc) is 3.13. The average molecular weight is 422 g/mol. The Kier molecular flexibility index (Phi) is 4.82. The van der Waals surface area contributed by atoms with Crippen LogP contribution in [0.25, 0.3) is 0 Å². The van der Waals surface area contributed by atoms with Crippen LogP contribution in [0.1, 0.15) is 59.8 Å². The largest absolute Gasteiger partial charge is 0.469 e. The van der Waals surface area contributed by atoms with Crippen LogP contribution in [0.15, 0.2) is 11.3 Å². The molecule has 2 aliphatic carbocycles. The first kappa shape index (κ1) is 21.3. The summed E-state index contributed by atoms with van der Waals surface area (Å²) >= 11 is 0. The Morgan fingerprint density at radius 2 is 1.93 bits per heavy atom. The molecule has 1 spiro atoms. The summed E-state index contributed by atoms with van der Waals surface area (Å²) in [5, 5.41) is 21.4. The molecule has 4 rings (SSSR count). The second-order valence-corrected chi connectivity index (χ2v) is 9.92. The zero-order chi connectivity index (χ0) is 22.1. The Bertz CT molecular complexity index is 829. The van der Waals surface area contributed by atoms with Crippen molar-refractivity contribution in [2.75, 3.05) is 6.61 Å². The smallest absolute Gasteiger partial charge is 0.313 e. The van der Waals surface area contributed by atoms with E-state index in [-0.39, 0.29) is 24.7 Å². The summed E-state index contributed by atoms with van der Waals surface area (Å²) in [4.78, 5) is 37.4. The lowest BCUT2D eigenvalue weighted by molar-refractivity contribution is -0.212. The SMILES string of the molecule is CC(=O)O[C@H]1C(=O)C[C@H]2[C@]3(CC[C@](C)(O)[C@]2(C)CC2=C(C)C[C@@H](O)O2)COC(=O)[C@H]13. The molecule has 0 aromatic heterocycles. The van der Waals surface area contributed by atoms with Crippen molar-refractivity contribution in [3.63, 3.8) is 0 Å². The van der Waals surface area contributed by atoms with E-state index in [2.05, 4.69) is 0 Å². The third-order valence-electron chi connectivity index (χ3n) is 8.21. The molecule has 0 aromatic rings. The minimum atomic E-state index is -1.15. The molecule has 2 heterocycles. The number of hydrogen-bond donors (Lipinski definition) is 2. The topological polar surface area (TPSA) is 119 Å². The summed E-state index contributed by atoms with van der Waals surface area (Å²) < 4.78 is 16.4. The summed E-state index contributed by atoms with van der Waals surface area (Å²) in [6.45, 7) is 6.93. The molecule has 0 bridgehead atoms. The monoisotopic (exact) mass is 422 g/mol. The van der Waals surface area contributed by atoms with Gasteiger partial charge in [-0.2, -0.15) is 0 Å². The molecule has 2 N–H and O–H groups in total. The van der Waals surface area contributed by atoms with E-state index in [0.29, 0.717) is 31.4 Å². The van der Waals surface area contributed by atoms with Gasteiger partial charge in [0.2, 0.25) is 6.29 Å². The van der Waals surface area contributed by atoms with E-state index in [4.69, 9.17) is 14.2 Å². The highest BCUT2D eigenvalue weighted by Crippen LogP contribution is 2.66. The highest BCUT2D eigenvalue weighted by atomic mass is 16.6. The number of esters is 2. The maximum Gasteiger partial charge on any atom is 0.313 e. The van der Waals surface area contributed by atoms with Gasteiger partial charge in [0.05, 0.1) is 18.0 Å². The van der Waals surface area contributed by atoms with Crippen molar-refractivity contribution in [3.8, 4) is 0 Å². The van der Waals surface area contributed by atoms with E-state index < -0.39 is 46.7 Å². The molecule has 4 aliphatic rings. The zero-order valence-electron chi connectivity index (χ0n) is 17.9. The third-order valence-corrected chi connectivity index (χ3v) is 8.21. The molecule has 2 saturated carbocycles. The van der Waals surface area contributed by atoms with Gasteiger partial charge in [0.1, 0.15) is 5.92 Å². The van der Waals surface area contributed by atoms with Crippen molar-refractivity contribution in [2.45, 2.75) is 77.8 Å². The van der Waals surface area contributed by atoms with Gasteiger partial charge in [-0.1, -0.05) is 6.92 Å². The second-order valence-electron chi connectivity index (χ2n) is 9.92. The van der Waals surface area contributed by atoms with Gasteiger partial charge < -0.3 is 24.4 Å². The van der Waals surface area contributed by atoms with E-state index in [0.717, 1.165) is 5.57 Å². The number of carbonyl (C=O) groups excluding carboxylic acids is 3. The lowest BCUT2D eigenvalue weighted by Crippen LogP contribution is -2.66. The normalized spacial score (nSPS) is 45.5. The van der Waals surface area contributed by atoms with Crippen LogP contribution < -0.4 is 0 Å². The summed E-state index contributed by atoms with van der Waals surface area (Å²) in [5.41, 5.74) is -1.73. The molecule has 166 valence electrons. The molecule has 0 radical (unpaired) electrons. The predicted octanol–water partition coefficient (Wildman–Crippen LogP) is 1.62. The summed E-state index contributed by atoms with van der Waals surface area (Å²) in [5.74, 6) is -2.07. The number of rotatable bonds is 3. The highest BCUT2D eigenvalue weighted by molar-refractivity contribution is 5.93. The molecular weight excluding hydrogens is 392 g/mol. The number of carbonyl (C=O) groups is 3. The van der Waals surface area contributed by atoms with Crippen molar-refractivity contribution in [2.24, 2.45) is 22.7 Å². The van der Waals surface area contributed by atoms with E-state index in [1.54, 1.807) is 6.92 Å². The molecule has 30 heavy (non-hydrogen) atoms. The van der Waals surface area contributed by atoms with Crippen LogP contribution in [-0.4, -0.2) is 52.5 Å². The fourth-order valence-corrected chi connectivity index (χ4v) is 6.30. The zero-order valence-corrected chi connectivity index (χ0v) is 17.9. The first-order chi connectivity index (χ1) is 13.9. The van der Waals surface area contributed by atoms with Gasteiger partial charge in [0, 0.05) is 37.0 Å². The standard InChI is InChI=1S/C22H30O8/c1-11-7-16(25)30-14(11)9-20(3)15-8-13(24)18(29-12(2)23)17-19(26)28-10-22(15,17)6-5-21(20,4)27/h15-18,25,27H,5-10H2,1-4H3/t15-,16+,17+,18+,20-,21+,22+/m1/s1. The number of hydrogen-bond acceptors (Lipinski definition) is 8. The molecule has 2 aliphatic heterocycles. The fourth-order valence-electron chi connectivity index (χ4n) is 6.30. The quantitative estimate of drug-likeness (QED) is 0.659. The number of Topliss-reactive ketones (excluding diaryl/α,β-unsaturated/α-hetero) is 1. The van der Waals surface area contributed by atoms with Crippen molar-refractivity contribution in [1.82, 2.24) is 0 Å². The van der Waals surface area contributed by atoms with Crippen LogP contribution in [0, 0.1) is 22.7 Å². The van der Waals surface area contributed by atoms with Crippen molar-refractivity contribution >= 4 is 17.7 Å². The molecule has 0 aromatic carbocycles. The molecule has 8 nitrogen and oxygen atoms in total. The molecule has 3 fully saturated rings. The van der Waals surface area contributed by atoms with Crippen LogP contribution in [0.5, 0.6) is 0 Å². The van der Waals surface area contributed by atoms with Crippen LogP contribution in [0.2, 0.25) is 0 Å². The van der Waals surface area contributed by atoms with Crippen LogP contribution in [0.3, 0.4) is 0 Å². The van der Waals surface area contributed by atoms with Crippen molar-refractivity contribution in [1.29, 1.82) is 0 Å². The van der Waals surface area contributed by atoms with Gasteiger partial charge in [-0.3, -0.25) is 14.4 Å². The van der Waals surface area contributed by atoms with Gasteiger partial charge >= 0.3 is 11.9 Å². The number of cyclic esters (lactones) is 1. The number of aliphatic hydroxyl groups is 2.